The van der Waals surface area contributed by atoms with Gasteiger partial charge in [0.2, 0.25) is 0 Å². The standard InChI is InChI=1S/C27H57N.ClH/c1-4-7-8-9-10-11-12-13-14-15-16-17-18-19-20-21-22-23-24-25-26-27-28(5-2)6-3;/h4-27H2,1-3H3;1H. The maximum absolute atomic E-state index is 2.32. The Labute approximate surface area is 192 Å². The molecule has 0 aromatic rings. The van der Waals surface area contributed by atoms with E-state index in [1.54, 1.807) is 4.90 Å². The van der Waals surface area contributed by atoms with Crippen molar-refractivity contribution in [3.05, 3.63) is 0 Å². The molecule has 0 rings (SSSR count). The minimum absolute atomic E-state index is 0. The Balaban J connectivity index is 0. The molecule has 0 aromatic carbocycles. The van der Waals surface area contributed by atoms with E-state index in [1.165, 1.54) is 154 Å². The van der Waals surface area contributed by atoms with Crippen molar-refractivity contribution in [3.8, 4) is 0 Å². The maximum Gasteiger partial charge on any atom is 0.0770 e. The lowest BCUT2D eigenvalue weighted by Crippen LogP contribution is -3.11. The molecule has 2 heteroatoms. The molecule has 0 saturated heterocycles. The van der Waals surface area contributed by atoms with Crippen LogP contribution in [0.1, 0.15) is 156 Å². The maximum atomic E-state index is 2.32. The lowest BCUT2D eigenvalue weighted by Gasteiger charge is -2.14. The molecule has 0 bridgehead atoms. The number of quaternary nitrogens is 1. The van der Waals surface area contributed by atoms with E-state index < -0.39 is 0 Å². The summed E-state index contributed by atoms with van der Waals surface area (Å²) in [6, 6.07) is 0. The Kier molecular flexibility index (Phi) is 30.6. The molecular formula is C27H58ClN. The summed E-state index contributed by atoms with van der Waals surface area (Å²) in [5.41, 5.74) is 0. The summed E-state index contributed by atoms with van der Waals surface area (Å²) in [5, 5.41) is 0. The Morgan fingerprint density at radius 1 is 0.345 bits per heavy atom. The van der Waals surface area contributed by atoms with Crippen LogP contribution >= 0.6 is 0 Å². The highest BCUT2D eigenvalue weighted by Gasteiger charge is 2.01. The molecule has 0 aliphatic rings. The van der Waals surface area contributed by atoms with Gasteiger partial charge in [0.25, 0.3) is 0 Å². The van der Waals surface area contributed by atoms with Crippen LogP contribution in [-0.4, -0.2) is 19.6 Å². The van der Waals surface area contributed by atoms with E-state index in [2.05, 4.69) is 20.8 Å². The van der Waals surface area contributed by atoms with Crippen molar-refractivity contribution in [2.24, 2.45) is 0 Å². The van der Waals surface area contributed by atoms with Crippen molar-refractivity contribution in [1.29, 1.82) is 0 Å². The summed E-state index contributed by atoms with van der Waals surface area (Å²) in [6.07, 6.45) is 31.0. The third-order valence-corrected chi connectivity index (χ3v) is 6.63. The van der Waals surface area contributed by atoms with E-state index in [1.807, 2.05) is 0 Å². The fourth-order valence-corrected chi connectivity index (χ4v) is 4.41. The molecule has 0 fully saturated rings. The summed E-state index contributed by atoms with van der Waals surface area (Å²) < 4.78 is 0. The summed E-state index contributed by atoms with van der Waals surface area (Å²) in [5.74, 6) is 0. The zero-order valence-corrected chi connectivity index (χ0v) is 21.6. The topological polar surface area (TPSA) is 4.44 Å². The van der Waals surface area contributed by atoms with Gasteiger partial charge in [0.15, 0.2) is 0 Å². The first-order valence-electron chi connectivity index (χ1n) is 13.7. The number of nitrogens with one attached hydrogen (secondary N) is 1. The average Bonchev–Trinajstić information content (AvgIpc) is 2.72. The molecule has 1 N–H and O–H groups in total. The van der Waals surface area contributed by atoms with Crippen LogP contribution in [0.2, 0.25) is 0 Å². The molecule has 1 nitrogen and oxygen atoms in total. The molecule has 0 spiro atoms. The van der Waals surface area contributed by atoms with Crippen LogP contribution in [0.4, 0.5) is 0 Å². The van der Waals surface area contributed by atoms with Crippen LogP contribution in [0, 0.1) is 0 Å². The van der Waals surface area contributed by atoms with Gasteiger partial charge < -0.3 is 17.3 Å². The summed E-state index contributed by atoms with van der Waals surface area (Å²) in [4.78, 5) is 1.78. The molecule has 0 aromatic heterocycles. The molecule has 0 unspecified atom stereocenters. The fraction of sp³-hybridized carbons (Fsp3) is 1.00. The third kappa shape index (κ3) is 26.2. The van der Waals surface area contributed by atoms with Crippen LogP contribution in [-0.2, 0) is 0 Å². The van der Waals surface area contributed by atoms with Gasteiger partial charge in [-0.2, -0.15) is 0 Å². The Morgan fingerprint density at radius 2 is 0.586 bits per heavy atom. The minimum atomic E-state index is 0. The first kappa shape index (κ1) is 31.4. The SMILES string of the molecule is CCCCCCCCCCCCCCCCCCCCCCC[NH+](CC)CC.[Cl-]. The van der Waals surface area contributed by atoms with Gasteiger partial charge in [0, 0.05) is 0 Å². The molecule has 29 heavy (non-hydrogen) atoms. The molecule has 0 heterocycles. The molecule has 178 valence electrons. The molecule has 0 saturated carbocycles. The second-order valence-corrected chi connectivity index (χ2v) is 9.28. The van der Waals surface area contributed by atoms with Crippen LogP contribution in [0.5, 0.6) is 0 Å². The molecule has 0 amide bonds. The molecule has 0 atom stereocenters. The predicted octanol–water partition coefficient (Wildman–Crippen LogP) is 5.13. The summed E-state index contributed by atoms with van der Waals surface area (Å²) in [6.45, 7) is 10.9. The molecule has 0 radical (unpaired) electrons. The lowest BCUT2D eigenvalue weighted by molar-refractivity contribution is -0.896. The van der Waals surface area contributed by atoms with E-state index in [9.17, 15) is 0 Å². The van der Waals surface area contributed by atoms with E-state index in [4.69, 9.17) is 0 Å². The van der Waals surface area contributed by atoms with Gasteiger partial charge >= 0.3 is 0 Å². The van der Waals surface area contributed by atoms with E-state index >= 15 is 0 Å². The number of halogens is 1. The van der Waals surface area contributed by atoms with E-state index in [0.717, 1.165) is 0 Å². The van der Waals surface area contributed by atoms with Crippen LogP contribution in [0.15, 0.2) is 0 Å². The van der Waals surface area contributed by atoms with Crippen LogP contribution < -0.4 is 17.3 Å². The van der Waals surface area contributed by atoms with Crippen molar-refractivity contribution >= 4 is 0 Å². The van der Waals surface area contributed by atoms with Crippen LogP contribution in [0.25, 0.3) is 0 Å². The second-order valence-electron chi connectivity index (χ2n) is 9.28. The van der Waals surface area contributed by atoms with Gasteiger partial charge in [-0.3, -0.25) is 0 Å². The van der Waals surface area contributed by atoms with Gasteiger partial charge in [-0.1, -0.05) is 129 Å². The highest BCUT2D eigenvalue weighted by molar-refractivity contribution is 4.51. The quantitative estimate of drug-likeness (QED) is 0.202. The van der Waals surface area contributed by atoms with Crippen molar-refractivity contribution in [2.75, 3.05) is 19.6 Å². The zero-order valence-electron chi connectivity index (χ0n) is 20.8. The van der Waals surface area contributed by atoms with Crippen molar-refractivity contribution in [3.63, 3.8) is 0 Å². The Hall–Kier alpha value is 0.250. The van der Waals surface area contributed by atoms with Crippen molar-refractivity contribution < 1.29 is 17.3 Å². The largest absolute Gasteiger partial charge is 1.00 e. The second kappa shape index (κ2) is 28.2. The minimum Gasteiger partial charge on any atom is -1.00 e. The van der Waals surface area contributed by atoms with Crippen molar-refractivity contribution in [1.82, 2.24) is 0 Å². The Morgan fingerprint density at radius 3 is 0.828 bits per heavy atom. The number of unbranched alkanes of at least 4 members (excludes halogenated alkanes) is 20. The molecule has 0 aliphatic carbocycles. The summed E-state index contributed by atoms with van der Waals surface area (Å²) in [7, 11) is 0. The highest BCUT2D eigenvalue weighted by atomic mass is 35.5. The first-order chi connectivity index (χ1) is 13.8. The van der Waals surface area contributed by atoms with Gasteiger partial charge in [-0.25, -0.2) is 0 Å². The van der Waals surface area contributed by atoms with Crippen LogP contribution in [0.3, 0.4) is 0 Å². The van der Waals surface area contributed by atoms with Gasteiger partial charge in [-0.15, -0.1) is 0 Å². The van der Waals surface area contributed by atoms with Gasteiger partial charge in [0.1, 0.15) is 0 Å². The highest BCUT2D eigenvalue weighted by Crippen LogP contribution is 2.14. The summed E-state index contributed by atoms with van der Waals surface area (Å²) >= 11 is 0. The molecule has 0 aliphatic heterocycles. The third-order valence-electron chi connectivity index (χ3n) is 6.63. The molecular weight excluding hydrogens is 374 g/mol. The monoisotopic (exact) mass is 431 g/mol. The normalized spacial score (nSPS) is 11.2. The van der Waals surface area contributed by atoms with Gasteiger partial charge in [-0.05, 0) is 26.7 Å². The van der Waals surface area contributed by atoms with E-state index in [0.29, 0.717) is 0 Å². The first-order valence-corrected chi connectivity index (χ1v) is 13.7. The zero-order chi connectivity index (χ0) is 20.5. The fourth-order valence-electron chi connectivity index (χ4n) is 4.41. The number of hydrogen-bond acceptors (Lipinski definition) is 0. The smallest absolute Gasteiger partial charge is 0.0770 e. The lowest BCUT2D eigenvalue weighted by atomic mass is 10.0. The van der Waals surface area contributed by atoms with Crippen molar-refractivity contribution in [2.45, 2.75) is 156 Å². The number of hydrogen-bond donors (Lipinski definition) is 1. The Bertz CT molecular complexity index is 265. The average molecular weight is 432 g/mol. The predicted molar refractivity (Wildman–Crippen MR) is 130 cm³/mol. The number of rotatable bonds is 24. The van der Waals surface area contributed by atoms with E-state index in [-0.39, 0.29) is 12.4 Å². The van der Waals surface area contributed by atoms with Gasteiger partial charge in [0.05, 0.1) is 19.6 Å².